The summed E-state index contributed by atoms with van der Waals surface area (Å²) in [5.74, 6) is 7.16. The van der Waals surface area contributed by atoms with Gasteiger partial charge in [-0.15, -0.1) is 18.2 Å². The summed E-state index contributed by atoms with van der Waals surface area (Å²) in [5, 5.41) is 1.77. The van der Waals surface area contributed by atoms with Crippen molar-refractivity contribution in [1.29, 1.82) is 0 Å². The minimum absolute atomic E-state index is 0. The van der Waals surface area contributed by atoms with Crippen LogP contribution in [-0.2, 0) is 20.1 Å². The first-order chi connectivity index (χ1) is 25.0. The molecular weight excluding hydrogens is 825 g/mol. The summed E-state index contributed by atoms with van der Waals surface area (Å²) in [6.45, 7) is 0. The van der Waals surface area contributed by atoms with Gasteiger partial charge in [-0.05, 0) is 29.0 Å². The predicted octanol–water partition coefficient (Wildman–Crippen LogP) is 10.9. The van der Waals surface area contributed by atoms with Gasteiger partial charge in [0.1, 0.15) is 5.58 Å². The van der Waals surface area contributed by atoms with Crippen molar-refractivity contribution in [3.63, 3.8) is 0 Å². The second-order valence-electron chi connectivity index (χ2n) is 12.2. The van der Waals surface area contributed by atoms with Crippen molar-refractivity contribution < 1.29 is 31.4 Å². The molecule has 48 heavy (non-hydrogen) atoms. The molecule has 3 aromatic heterocycles. The minimum atomic E-state index is -1.79. The van der Waals surface area contributed by atoms with Crippen molar-refractivity contribution in [2.75, 3.05) is 0 Å². The maximum absolute atomic E-state index is 8.22. The van der Waals surface area contributed by atoms with Crippen LogP contribution in [-0.4, -0.2) is 23.2 Å². The van der Waals surface area contributed by atoms with Gasteiger partial charge >= 0.3 is 135 Å². The number of benzene rings is 5. The van der Waals surface area contributed by atoms with Crippen molar-refractivity contribution in [3.05, 3.63) is 164 Å². The number of aromatic nitrogens is 2. The average Bonchev–Trinajstić information content (AvgIpc) is 3.55. The summed E-state index contributed by atoms with van der Waals surface area (Å²) in [7, 11) is 0. The first-order valence-electron chi connectivity index (χ1n) is 17.9. The van der Waals surface area contributed by atoms with Crippen molar-refractivity contribution >= 4 is 39.6 Å². The molecule has 0 N–H and O–H groups in total. The van der Waals surface area contributed by atoms with Crippen LogP contribution in [0.2, 0.25) is 17.3 Å². The summed E-state index contributed by atoms with van der Waals surface area (Å²) in [5.41, 5.74) is 7.81. The molecule has 0 bridgehead atoms. The smallest absolute Gasteiger partial charge is 0 e. The van der Waals surface area contributed by atoms with Crippen LogP contribution < -0.4 is 4.40 Å². The van der Waals surface area contributed by atoms with Crippen LogP contribution >= 0.6 is 0 Å². The van der Waals surface area contributed by atoms with Crippen LogP contribution in [0.15, 0.2) is 156 Å². The number of hydrogen-bond acceptors (Lipinski definition) is 3. The Bertz CT molecular complexity index is 2530. The van der Waals surface area contributed by atoms with E-state index >= 15 is 0 Å². The molecule has 1 radical (unpaired) electrons. The molecule has 8 rings (SSSR count). The number of rotatable bonds is 5. The molecule has 0 aliphatic heterocycles. The minimum Gasteiger partial charge on any atom is 0 e. The maximum atomic E-state index is 8.22. The van der Waals surface area contributed by atoms with Gasteiger partial charge in [0.15, 0.2) is 0 Å². The number of furan rings is 1. The van der Waals surface area contributed by atoms with E-state index in [0.29, 0.717) is 16.7 Å². The van der Waals surface area contributed by atoms with E-state index in [1.165, 1.54) is 15.5 Å². The third-order valence-electron chi connectivity index (χ3n) is 7.96. The summed E-state index contributed by atoms with van der Waals surface area (Å²) in [6, 6.07) is 40.6. The van der Waals surface area contributed by atoms with Gasteiger partial charge in [0, 0.05) is 31.7 Å². The summed E-state index contributed by atoms with van der Waals surface area (Å²) >= 11 is -1.79. The zero-order chi connectivity index (χ0) is 36.6. The fourth-order valence-corrected chi connectivity index (χ4v) is 7.59. The predicted molar refractivity (Wildman–Crippen MR) is 198 cm³/mol. The molecule has 0 aliphatic carbocycles. The third kappa shape index (κ3) is 7.27. The summed E-state index contributed by atoms with van der Waals surface area (Å²) < 4.78 is 47.6. The zero-order valence-corrected chi connectivity index (χ0v) is 31.2. The van der Waals surface area contributed by atoms with Gasteiger partial charge in [-0.3, -0.25) is 0 Å². The molecular formula is C43H34GeIrN2O-2. The largest absolute Gasteiger partial charge is 0 e. The SMILES string of the molecule is [2H]c1c([2H])c([2H])c(-c2ccc3c(c2)oc2c(-c4ccccn4)[c-]ccc23)c([2H])c1[2H].[CH3][Ge]([CH3])([CH3])[c]1ccc(-c2[c-]ccc(-c3ccccc3)c2)nc1.[Ir]. The van der Waals surface area contributed by atoms with Gasteiger partial charge in [-0.25, -0.2) is 0 Å². The van der Waals surface area contributed by atoms with Gasteiger partial charge in [0.05, 0.1) is 12.4 Å². The van der Waals surface area contributed by atoms with E-state index in [1.807, 2.05) is 48.5 Å². The summed E-state index contributed by atoms with van der Waals surface area (Å²) in [4.78, 5) is 9.05. The Morgan fingerprint density at radius 3 is 2.15 bits per heavy atom. The Hall–Kier alpha value is -4.61. The van der Waals surface area contributed by atoms with Gasteiger partial charge < -0.3 is 9.40 Å². The molecule has 237 valence electrons. The number of nitrogens with zero attached hydrogens (tertiary/aromatic N) is 2. The molecule has 5 heteroatoms. The topological polar surface area (TPSA) is 38.9 Å². The molecule has 5 aromatic carbocycles. The van der Waals surface area contributed by atoms with Gasteiger partial charge in [0.2, 0.25) is 0 Å². The van der Waals surface area contributed by atoms with E-state index in [0.717, 1.165) is 33.3 Å². The quantitative estimate of drug-likeness (QED) is 0.128. The van der Waals surface area contributed by atoms with Crippen molar-refractivity contribution in [3.8, 4) is 44.8 Å². The van der Waals surface area contributed by atoms with Crippen LogP contribution in [0.1, 0.15) is 6.85 Å². The first-order valence-corrected chi connectivity index (χ1v) is 22.8. The monoisotopic (exact) mass is 866 g/mol. The van der Waals surface area contributed by atoms with Crippen LogP contribution in [0.4, 0.5) is 0 Å². The Morgan fingerprint density at radius 1 is 0.646 bits per heavy atom. The van der Waals surface area contributed by atoms with E-state index < -0.39 is 19.3 Å². The molecule has 3 nitrogen and oxygen atoms in total. The van der Waals surface area contributed by atoms with Crippen LogP contribution in [0.25, 0.3) is 66.7 Å². The second-order valence-corrected chi connectivity index (χ2v) is 22.8. The number of fused-ring (bicyclic) bond motifs is 3. The van der Waals surface area contributed by atoms with E-state index in [-0.39, 0.29) is 49.8 Å². The molecule has 0 spiro atoms. The standard InChI is InChI=1S/C23H14NO.C20H20GeN.Ir/c1-2-7-16(8-3-1)17-12-13-18-19-9-6-10-20(21-11-4-5-14-24-21)23(19)25-22(18)15-17;1-21(2,3)19-12-13-20(22-15-19)18-11-7-10-17(14-18)16-8-5-4-6-9-16;/h1-9,11-15H;4-10,12-15H,1-3H3;/q2*-1;/i1D,2D,3D,7D,8D;;. The third-order valence-corrected chi connectivity index (χ3v) is 12.2. The van der Waals surface area contributed by atoms with E-state index in [4.69, 9.17) is 11.3 Å². The average molecular weight is 865 g/mol. The molecule has 8 aromatic rings. The van der Waals surface area contributed by atoms with Gasteiger partial charge in [0.25, 0.3) is 0 Å². The molecule has 3 heterocycles. The van der Waals surface area contributed by atoms with Crippen LogP contribution in [0.3, 0.4) is 0 Å². The molecule has 0 saturated carbocycles. The van der Waals surface area contributed by atoms with Gasteiger partial charge in [-0.2, -0.15) is 0 Å². The zero-order valence-electron chi connectivity index (χ0n) is 31.7. The Kier molecular flexibility index (Phi) is 8.35. The van der Waals surface area contributed by atoms with Crippen LogP contribution in [0, 0.1) is 12.1 Å². The first kappa shape index (κ1) is 27.4. The molecule has 0 saturated heterocycles. The fourth-order valence-electron chi connectivity index (χ4n) is 5.41. The Labute approximate surface area is 305 Å². The number of pyridine rings is 2. The van der Waals surface area contributed by atoms with Gasteiger partial charge in [-0.1, -0.05) is 65.4 Å². The van der Waals surface area contributed by atoms with Crippen molar-refractivity contribution in [2.24, 2.45) is 0 Å². The van der Waals surface area contributed by atoms with E-state index in [9.17, 15) is 0 Å². The number of hydrogen-bond donors (Lipinski definition) is 0. The fraction of sp³-hybridized carbons (Fsp3) is 0.0698. The molecule has 0 unspecified atom stereocenters. The Morgan fingerprint density at radius 2 is 1.42 bits per heavy atom. The Balaban J connectivity index is 0.000000187. The van der Waals surface area contributed by atoms with E-state index in [1.54, 1.807) is 18.3 Å². The molecule has 0 atom stereocenters. The second kappa shape index (κ2) is 14.7. The van der Waals surface area contributed by atoms with Crippen molar-refractivity contribution in [2.45, 2.75) is 17.3 Å². The molecule has 0 fully saturated rings. The molecule has 0 amide bonds. The van der Waals surface area contributed by atoms with Crippen molar-refractivity contribution in [1.82, 2.24) is 9.97 Å². The normalized spacial score (nSPS) is 12.5. The van der Waals surface area contributed by atoms with E-state index in [2.05, 4.69) is 94.1 Å². The molecule has 0 aliphatic rings. The summed E-state index contributed by atoms with van der Waals surface area (Å²) in [6.07, 6.45) is 3.76. The van der Waals surface area contributed by atoms with Crippen LogP contribution in [0.5, 0.6) is 0 Å². The maximum Gasteiger partial charge on any atom is 0 e.